The number of ether oxygens (including phenoxy) is 1. The maximum Gasteiger partial charge on any atom is 0.312 e. The second-order valence-electron chi connectivity index (χ2n) is 7.38. The van der Waals surface area contributed by atoms with Crippen molar-refractivity contribution in [2.45, 2.75) is 27.3 Å². The van der Waals surface area contributed by atoms with Gasteiger partial charge in [-0.1, -0.05) is 18.5 Å². The van der Waals surface area contributed by atoms with Crippen molar-refractivity contribution in [3.63, 3.8) is 0 Å². The fourth-order valence-corrected chi connectivity index (χ4v) is 3.32. The number of anilines is 1. The van der Waals surface area contributed by atoms with Crippen LogP contribution in [0.25, 0.3) is 0 Å². The molecule has 1 aromatic heterocycles. The van der Waals surface area contributed by atoms with Gasteiger partial charge in [-0.05, 0) is 38.1 Å². The molecule has 3 rings (SSSR count). The van der Waals surface area contributed by atoms with E-state index < -0.39 is 21.7 Å². The van der Waals surface area contributed by atoms with E-state index in [1.807, 2.05) is 0 Å². The molecule has 1 heterocycles. The zero-order valence-electron chi connectivity index (χ0n) is 17.9. The minimum absolute atomic E-state index is 0.0923. The number of halogens is 1. The zero-order valence-corrected chi connectivity index (χ0v) is 18.7. The van der Waals surface area contributed by atoms with Crippen molar-refractivity contribution in [3.8, 4) is 11.5 Å². The van der Waals surface area contributed by atoms with Crippen LogP contribution in [0, 0.1) is 40.0 Å². The number of aromatic nitrogens is 2. The average molecular weight is 474 g/mol. The third kappa shape index (κ3) is 5.63. The van der Waals surface area contributed by atoms with Crippen LogP contribution in [0.3, 0.4) is 0 Å². The van der Waals surface area contributed by atoms with Crippen LogP contribution in [0.4, 0.5) is 17.1 Å². The van der Waals surface area contributed by atoms with Crippen LogP contribution in [0.1, 0.15) is 18.3 Å². The van der Waals surface area contributed by atoms with Gasteiger partial charge in [0.15, 0.2) is 0 Å². The SMILES string of the molecule is Cc1nn(CC(C)C(=O)Nc2cc(Oc3ccc(Cl)cc3)cc([N+](=O)[O-])c2)c(C)c1[N+](=O)[O-]. The molecular weight excluding hydrogens is 454 g/mol. The van der Waals surface area contributed by atoms with E-state index in [0.717, 1.165) is 0 Å². The molecule has 0 spiro atoms. The zero-order chi connectivity index (χ0) is 24.3. The summed E-state index contributed by atoms with van der Waals surface area (Å²) in [6, 6.07) is 10.4. The Morgan fingerprint density at radius 2 is 1.79 bits per heavy atom. The van der Waals surface area contributed by atoms with E-state index in [4.69, 9.17) is 16.3 Å². The van der Waals surface area contributed by atoms with E-state index in [1.54, 1.807) is 38.1 Å². The number of aryl methyl sites for hydroxylation is 1. The van der Waals surface area contributed by atoms with E-state index in [0.29, 0.717) is 16.5 Å². The molecule has 172 valence electrons. The van der Waals surface area contributed by atoms with Crippen LogP contribution in [0.2, 0.25) is 5.02 Å². The number of benzene rings is 2. The maximum atomic E-state index is 12.7. The quantitative estimate of drug-likeness (QED) is 0.356. The molecule has 3 aromatic rings. The molecular formula is C21H20ClN5O6. The molecule has 0 radical (unpaired) electrons. The fourth-order valence-electron chi connectivity index (χ4n) is 3.20. The lowest BCUT2D eigenvalue weighted by Crippen LogP contribution is -2.25. The minimum atomic E-state index is -0.637. The van der Waals surface area contributed by atoms with Crippen LogP contribution < -0.4 is 10.1 Å². The summed E-state index contributed by atoms with van der Waals surface area (Å²) in [6.07, 6.45) is 0. The van der Waals surface area contributed by atoms with Gasteiger partial charge in [-0.3, -0.25) is 29.7 Å². The lowest BCUT2D eigenvalue weighted by atomic mass is 10.1. The number of non-ortho nitro benzene ring substituents is 1. The third-order valence-electron chi connectivity index (χ3n) is 4.84. The van der Waals surface area contributed by atoms with E-state index in [1.165, 1.54) is 29.8 Å². The van der Waals surface area contributed by atoms with Crippen molar-refractivity contribution in [2.75, 3.05) is 5.32 Å². The van der Waals surface area contributed by atoms with Crippen LogP contribution in [0.15, 0.2) is 42.5 Å². The highest BCUT2D eigenvalue weighted by molar-refractivity contribution is 6.30. The number of nitro groups is 2. The molecule has 33 heavy (non-hydrogen) atoms. The molecule has 1 atom stereocenters. The van der Waals surface area contributed by atoms with E-state index >= 15 is 0 Å². The number of nitrogens with zero attached hydrogens (tertiary/aromatic N) is 4. The topological polar surface area (TPSA) is 142 Å². The molecule has 0 aliphatic rings. The Balaban J connectivity index is 1.78. The number of hydrogen-bond donors (Lipinski definition) is 1. The van der Waals surface area contributed by atoms with Gasteiger partial charge in [0.1, 0.15) is 22.9 Å². The largest absolute Gasteiger partial charge is 0.457 e. The van der Waals surface area contributed by atoms with Crippen LogP contribution in [-0.2, 0) is 11.3 Å². The van der Waals surface area contributed by atoms with Crippen LogP contribution in [0.5, 0.6) is 11.5 Å². The van der Waals surface area contributed by atoms with Gasteiger partial charge in [-0.25, -0.2) is 0 Å². The van der Waals surface area contributed by atoms with Crippen molar-refractivity contribution in [3.05, 3.63) is 79.1 Å². The molecule has 12 heteroatoms. The molecule has 1 amide bonds. The van der Waals surface area contributed by atoms with Gasteiger partial charge in [0, 0.05) is 17.2 Å². The van der Waals surface area contributed by atoms with Crippen molar-refractivity contribution < 1.29 is 19.4 Å². The number of nitro benzene ring substituents is 1. The molecule has 0 bridgehead atoms. The lowest BCUT2D eigenvalue weighted by Gasteiger charge is -2.14. The second-order valence-corrected chi connectivity index (χ2v) is 7.81. The Kier molecular flexibility index (Phi) is 6.92. The first kappa shape index (κ1) is 23.7. The lowest BCUT2D eigenvalue weighted by molar-refractivity contribution is -0.386. The standard InChI is InChI=1S/C21H20ClN5O6/c1-12(11-25-14(3)20(27(31)32)13(2)24-25)21(28)23-16-8-17(26(29)30)10-19(9-16)33-18-6-4-15(22)5-7-18/h4-10,12H,11H2,1-3H3,(H,23,28). The second kappa shape index (κ2) is 9.65. The highest BCUT2D eigenvalue weighted by Crippen LogP contribution is 2.31. The van der Waals surface area contributed by atoms with Crippen molar-refractivity contribution in [1.82, 2.24) is 9.78 Å². The van der Waals surface area contributed by atoms with Gasteiger partial charge in [-0.15, -0.1) is 0 Å². The molecule has 0 aliphatic carbocycles. The first-order valence-corrected chi connectivity index (χ1v) is 10.1. The molecule has 0 saturated heterocycles. The average Bonchev–Trinajstić information content (AvgIpc) is 3.02. The maximum absolute atomic E-state index is 12.7. The monoisotopic (exact) mass is 473 g/mol. The Morgan fingerprint density at radius 1 is 1.12 bits per heavy atom. The number of amides is 1. The molecule has 0 aliphatic heterocycles. The smallest absolute Gasteiger partial charge is 0.312 e. The highest BCUT2D eigenvalue weighted by Gasteiger charge is 2.24. The first-order chi connectivity index (χ1) is 15.5. The summed E-state index contributed by atoms with van der Waals surface area (Å²) < 4.78 is 7.07. The number of carbonyl (C=O) groups excluding carboxylic acids is 1. The predicted octanol–water partition coefficient (Wildman–Crippen LogP) is 5.04. The Labute approximate surface area is 193 Å². The predicted molar refractivity (Wildman–Crippen MR) is 121 cm³/mol. The first-order valence-electron chi connectivity index (χ1n) is 9.77. The summed E-state index contributed by atoms with van der Waals surface area (Å²) >= 11 is 5.85. The van der Waals surface area contributed by atoms with Crippen LogP contribution >= 0.6 is 11.6 Å². The van der Waals surface area contributed by atoms with Gasteiger partial charge in [-0.2, -0.15) is 5.10 Å². The molecule has 1 unspecified atom stereocenters. The van der Waals surface area contributed by atoms with Gasteiger partial charge < -0.3 is 10.1 Å². The number of nitrogens with one attached hydrogen (secondary N) is 1. The van der Waals surface area contributed by atoms with Crippen molar-refractivity contribution in [2.24, 2.45) is 5.92 Å². The Morgan fingerprint density at radius 3 is 2.36 bits per heavy atom. The Hall–Kier alpha value is -3.99. The molecule has 11 nitrogen and oxygen atoms in total. The Bertz CT molecular complexity index is 1220. The summed E-state index contributed by atoms with van der Waals surface area (Å²) in [5.74, 6) is -0.508. The molecule has 0 fully saturated rings. The summed E-state index contributed by atoms with van der Waals surface area (Å²) in [7, 11) is 0. The van der Waals surface area contributed by atoms with Gasteiger partial charge in [0.2, 0.25) is 5.91 Å². The summed E-state index contributed by atoms with van der Waals surface area (Å²) in [6.45, 7) is 4.80. The molecule has 0 saturated carbocycles. The van der Waals surface area contributed by atoms with Gasteiger partial charge >= 0.3 is 5.69 Å². The van der Waals surface area contributed by atoms with Crippen molar-refractivity contribution in [1.29, 1.82) is 0 Å². The van der Waals surface area contributed by atoms with Gasteiger partial charge in [0.05, 0.1) is 34.1 Å². The summed E-state index contributed by atoms with van der Waals surface area (Å²) in [5, 5.41) is 29.8. The molecule has 2 aromatic carbocycles. The minimum Gasteiger partial charge on any atom is -0.457 e. The number of carbonyl (C=O) groups is 1. The number of hydrogen-bond acceptors (Lipinski definition) is 7. The normalized spacial score (nSPS) is 11.6. The summed E-state index contributed by atoms with van der Waals surface area (Å²) in [5.41, 5.74) is 0.409. The van der Waals surface area contributed by atoms with Gasteiger partial charge in [0.25, 0.3) is 5.69 Å². The fraction of sp³-hybridized carbons (Fsp3) is 0.238. The van der Waals surface area contributed by atoms with Crippen molar-refractivity contribution >= 4 is 34.6 Å². The highest BCUT2D eigenvalue weighted by atomic mass is 35.5. The number of rotatable bonds is 8. The summed E-state index contributed by atoms with van der Waals surface area (Å²) in [4.78, 5) is 34.2. The van der Waals surface area contributed by atoms with E-state index in [2.05, 4.69) is 10.4 Å². The molecule has 1 N–H and O–H groups in total. The third-order valence-corrected chi connectivity index (χ3v) is 5.09. The van der Waals surface area contributed by atoms with E-state index in [-0.39, 0.29) is 35.1 Å². The van der Waals surface area contributed by atoms with E-state index in [9.17, 15) is 25.0 Å². The van der Waals surface area contributed by atoms with Crippen LogP contribution in [-0.4, -0.2) is 25.5 Å².